The average Bonchev–Trinajstić information content (AvgIpc) is 2.71. The molecule has 154 valence electrons. The number of hydrogen-bond donors (Lipinski definition) is 3. The summed E-state index contributed by atoms with van der Waals surface area (Å²) >= 11 is 0. The van der Waals surface area contributed by atoms with Crippen LogP contribution in [0.5, 0.6) is 5.75 Å². The highest BCUT2D eigenvalue weighted by atomic mass is 32.2. The van der Waals surface area contributed by atoms with E-state index in [9.17, 15) is 18.3 Å². The summed E-state index contributed by atoms with van der Waals surface area (Å²) in [6.45, 7) is 3.75. The van der Waals surface area contributed by atoms with Crippen LogP contribution in [0.2, 0.25) is 0 Å². The summed E-state index contributed by atoms with van der Waals surface area (Å²) in [5.74, 6) is -0.419. The summed E-state index contributed by atoms with van der Waals surface area (Å²) < 4.78 is 28.1. The number of sulfonamides is 1. The molecule has 1 amide bonds. The maximum atomic E-state index is 12.7. The molecule has 30 heavy (non-hydrogen) atoms. The maximum Gasteiger partial charge on any atom is 0.271 e. The standard InChI is InChI=1S/C22H21N3O4S/c1-15-6-11-21(16(2)12-15)25-30(28,29)20-5-3-4-18(13-20)22(27)24-23-14-17-7-9-19(26)10-8-17/h3-14,25-26H,1-2H3,(H,24,27)/b23-14+. The van der Waals surface area contributed by atoms with E-state index in [1.54, 1.807) is 18.2 Å². The number of carbonyl (C=O) groups excluding carboxylic acids is 1. The highest BCUT2D eigenvalue weighted by Gasteiger charge is 2.17. The average molecular weight is 423 g/mol. The predicted octanol–water partition coefficient (Wildman–Crippen LogP) is 3.57. The van der Waals surface area contributed by atoms with Gasteiger partial charge in [-0.15, -0.1) is 0 Å². The number of hydrazone groups is 1. The maximum absolute atomic E-state index is 12.7. The van der Waals surface area contributed by atoms with Crippen LogP contribution in [-0.4, -0.2) is 25.6 Å². The largest absolute Gasteiger partial charge is 0.508 e. The summed E-state index contributed by atoms with van der Waals surface area (Å²) in [4.78, 5) is 12.3. The second-order valence-electron chi connectivity index (χ2n) is 6.74. The number of nitrogens with zero attached hydrogens (tertiary/aromatic N) is 1. The lowest BCUT2D eigenvalue weighted by atomic mass is 10.1. The second kappa shape index (κ2) is 8.79. The number of benzene rings is 3. The zero-order valence-electron chi connectivity index (χ0n) is 16.5. The third-order valence-electron chi connectivity index (χ3n) is 4.31. The molecule has 3 aromatic rings. The minimum atomic E-state index is -3.86. The number of aromatic hydroxyl groups is 1. The van der Waals surface area contributed by atoms with Crippen LogP contribution in [0, 0.1) is 13.8 Å². The van der Waals surface area contributed by atoms with Crippen molar-refractivity contribution in [3.63, 3.8) is 0 Å². The molecule has 0 fully saturated rings. The normalized spacial score (nSPS) is 11.4. The molecule has 0 radical (unpaired) electrons. The van der Waals surface area contributed by atoms with Crippen LogP contribution in [0.3, 0.4) is 0 Å². The Bertz CT molecular complexity index is 1200. The molecule has 8 heteroatoms. The van der Waals surface area contributed by atoms with Crippen LogP contribution in [0.25, 0.3) is 0 Å². The van der Waals surface area contributed by atoms with Crippen LogP contribution in [0.1, 0.15) is 27.0 Å². The Kier molecular flexibility index (Phi) is 6.17. The number of anilines is 1. The van der Waals surface area contributed by atoms with E-state index in [-0.39, 0.29) is 16.2 Å². The Labute approximate surface area is 175 Å². The van der Waals surface area contributed by atoms with Crippen LogP contribution < -0.4 is 10.1 Å². The van der Waals surface area contributed by atoms with E-state index in [1.807, 2.05) is 26.0 Å². The first-order valence-electron chi connectivity index (χ1n) is 9.07. The van der Waals surface area contributed by atoms with Gasteiger partial charge >= 0.3 is 0 Å². The van der Waals surface area contributed by atoms with Crippen molar-refractivity contribution in [2.75, 3.05) is 4.72 Å². The summed E-state index contributed by atoms with van der Waals surface area (Å²) in [5.41, 5.74) is 5.51. The summed E-state index contributed by atoms with van der Waals surface area (Å²) in [6.07, 6.45) is 1.42. The van der Waals surface area contributed by atoms with E-state index in [4.69, 9.17) is 0 Å². The Morgan fingerprint density at radius 1 is 1.00 bits per heavy atom. The monoisotopic (exact) mass is 423 g/mol. The van der Waals surface area contributed by atoms with Crippen LogP contribution in [-0.2, 0) is 10.0 Å². The fraction of sp³-hybridized carbons (Fsp3) is 0.0909. The number of phenolic OH excluding ortho intramolecular Hbond substituents is 1. The van der Waals surface area contributed by atoms with Crippen molar-refractivity contribution in [2.45, 2.75) is 18.7 Å². The molecule has 7 nitrogen and oxygen atoms in total. The molecule has 3 N–H and O–H groups in total. The molecule has 3 rings (SSSR count). The van der Waals surface area contributed by atoms with Gasteiger partial charge in [0, 0.05) is 5.56 Å². The zero-order valence-corrected chi connectivity index (χ0v) is 17.3. The van der Waals surface area contributed by atoms with Gasteiger partial charge in [0.15, 0.2) is 0 Å². The molecule has 3 aromatic carbocycles. The summed E-state index contributed by atoms with van der Waals surface area (Å²) in [5, 5.41) is 13.1. The number of aryl methyl sites for hydroxylation is 2. The van der Waals surface area contributed by atoms with Gasteiger partial charge in [-0.2, -0.15) is 5.10 Å². The van der Waals surface area contributed by atoms with Crippen molar-refractivity contribution in [3.8, 4) is 5.75 Å². The molecule has 0 saturated heterocycles. The smallest absolute Gasteiger partial charge is 0.271 e. The molecule has 0 spiro atoms. The summed E-state index contributed by atoms with van der Waals surface area (Å²) in [7, 11) is -3.86. The van der Waals surface area contributed by atoms with Gasteiger partial charge in [0.25, 0.3) is 15.9 Å². The van der Waals surface area contributed by atoms with Gasteiger partial charge in [-0.1, -0.05) is 23.8 Å². The number of rotatable bonds is 6. The molecule has 0 atom stereocenters. The predicted molar refractivity (Wildman–Crippen MR) is 116 cm³/mol. The van der Waals surface area contributed by atoms with E-state index < -0.39 is 15.9 Å². The van der Waals surface area contributed by atoms with Crippen molar-refractivity contribution >= 4 is 27.8 Å². The molecule has 0 aromatic heterocycles. The lowest BCUT2D eigenvalue weighted by Gasteiger charge is -2.12. The van der Waals surface area contributed by atoms with Gasteiger partial charge in [0.1, 0.15) is 5.75 Å². The van der Waals surface area contributed by atoms with Crippen LogP contribution >= 0.6 is 0 Å². The summed E-state index contributed by atoms with van der Waals surface area (Å²) in [6, 6.07) is 17.4. The van der Waals surface area contributed by atoms with Crippen molar-refractivity contribution in [1.82, 2.24) is 5.43 Å². The van der Waals surface area contributed by atoms with E-state index in [1.165, 1.54) is 42.6 Å². The van der Waals surface area contributed by atoms with Gasteiger partial charge < -0.3 is 5.11 Å². The van der Waals surface area contributed by atoms with E-state index in [0.717, 1.165) is 11.1 Å². The highest BCUT2D eigenvalue weighted by Crippen LogP contribution is 2.21. The Morgan fingerprint density at radius 2 is 1.73 bits per heavy atom. The lowest BCUT2D eigenvalue weighted by molar-refractivity contribution is 0.0955. The van der Waals surface area contributed by atoms with Crippen molar-refractivity contribution < 1.29 is 18.3 Å². The third kappa shape index (κ3) is 5.24. The molecule has 0 saturated carbocycles. The molecule has 0 bridgehead atoms. The van der Waals surface area contributed by atoms with Gasteiger partial charge in [-0.05, 0) is 73.5 Å². The van der Waals surface area contributed by atoms with E-state index >= 15 is 0 Å². The molecular formula is C22H21N3O4S. The fourth-order valence-electron chi connectivity index (χ4n) is 2.73. The minimum absolute atomic E-state index is 0.0300. The molecule has 0 unspecified atom stereocenters. The lowest BCUT2D eigenvalue weighted by Crippen LogP contribution is -2.19. The molecule has 0 aliphatic carbocycles. The van der Waals surface area contributed by atoms with E-state index in [0.29, 0.717) is 11.3 Å². The van der Waals surface area contributed by atoms with Crippen LogP contribution in [0.4, 0.5) is 5.69 Å². The first kappa shape index (κ1) is 21.1. The van der Waals surface area contributed by atoms with Crippen molar-refractivity contribution in [2.24, 2.45) is 5.10 Å². The third-order valence-corrected chi connectivity index (χ3v) is 5.67. The quantitative estimate of drug-likeness (QED) is 0.416. The number of phenols is 1. The molecule has 0 aliphatic heterocycles. The molecular weight excluding hydrogens is 402 g/mol. The fourth-order valence-corrected chi connectivity index (χ4v) is 3.90. The second-order valence-corrected chi connectivity index (χ2v) is 8.42. The van der Waals surface area contributed by atoms with Crippen molar-refractivity contribution in [1.29, 1.82) is 0 Å². The number of carbonyl (C=O) groups is 1. The zero-order chi connectivity index (χ0) is 21.7. The van der Waals surface area contributed by atoms with Gasteiger partial charge in [0.2, 0.25) is 0 Å². The van der Waals surface area contributed by atoms with Crippen LogP contribution in [0.15, 0.2) is 76.7 Å². The highest BCUT2D eigenvalue weighted by molar-refractivity contribution is 7.92. The van der Waals surface area contributed by atoms with Gasteiger partial charge in [-0.25, -0.2) is 13.8 Å². The number of hydrogen-bond acceptors (Lipinski definition) is 5. The Hall–Kier alpha value is -3.65. The van der Waals surface area contributed by atoms with E-state index in [2.05, 4.69) is 15.2 Å². The Morgan fingerprint density at radius 3 is 2.43 bits per heavy atom. The number of amides is 1. The molecule has 0 aliphatic rings. The topological polar surface area (TPSA) is 108 Å². The van der Waals surface area contributed by atoms with Crippen molar-refractivity contribution in [3.05, 3.63) is 89.0 Å². The van der Waals surface area contributed by atoms with Gasteiger partial charge in [-0.3, -0.25) is 9.52 Å². The SMILES string of the molecule is Cc1ccc(NS(=O)(=O)c2cccc(C(=O)N/N=C/c3ccc(O)cc3)c2)c(C)c1. The number of nitrogens with one attached hydrogen (secondary N) is 2. The molecule has 0 heterocycles. The minimum Gasteiger partial charge on any atom is -0.508 e. The Balaban J connectivity index is 1.74. The van der Waals surface area contributed by atoms with Gasteiger partial charge in [0.05, 0.1) is 16.8 Å². The first-order valence-corrected chi connectivity index (χ1v) is 10.6. The first-order chi connectivity index (χ1) is 14.2.